The minimum atomic E-state index is 0. The van der Waals surface area contributed by atoms with E-state index < -0.39 is 0 Å². The van der Waals surface area contributed by atoms with Crippen LogP contribution < -0.4 is 0 Å². The number of hydrogen-bond donors (Lipinski definition) is 0. The fraction of sp³-hybridized carbons (Fsp3) is 0.308. The zero-order valence-corrected chi connectivity index (χ0v) is 20.4. The second-order valence-electron chi connectivity index (χ2n) is 6.03. The van der Waals surface area contributed by atoms with Gasteiger partial charge in [-0.25, -0.2) is 0 Å². The number of unbranched alkanes of at least 4 members (excludes halogenated alkanes) is 6. The van der Waals surface area contributed by atoms with E-state index in [-0.39, 0.29) is 26.2 Å². The average Bonchev–Trinajstić information content (AvgIpc) is 3.45. The predicted molar refractivity (Wildman–Crippen MR) is 122 cm³/mol. The van der Waals surface area contributed by atoms with Gasteiger partial charge in [0.15, 0.2) is 0 Å². The van der Waals surface area contributed by atoms with E-state index >= 15 is 0 Å². The molecular weight excluding hydrogens is 436 g/mol. The molecule has 148 valence electrons. The summed E-state index contributed by atoms with van der Waals surface area (Å²) >= 11 is 4.81. The summed E-state index contributed by atoms with van der Waals surface area (Å²) in [5, 5.41) is 0. The first-order valence-corrected chi connectivity index (χ1v) is 10.3. The summed E-state index contributed by atoms with van der Waals surface area (Å²) in [7, 11) is 0. The maximum atomic E-state index is 5.24. The van der Waals surface area contributed by atoms with Crippen molar-refractivity contribution in [2.45, 2.75) is 56.8 Å². The molecule has 0 unspecified atom stereocenters. The minimum absolute atomic E-state index is 0. The van der Waals surface area contributed by atoms with Gasteiger partial charge in [0, 0.05) is 0 Å². The van der Waals surface area contributed by atoms with Crippen LogP contribution in [-0.4, -0.2) is 0 Å². The van der Waals surface area contributed by atoms with Gasteiger partial charge in [-0.15, -0.1) is 0 Å². The molecule has 10 radical (unpaired) electrons. The molecule has 1 aromatic rings. The molecule has 0 nitrogen and oxygen atoms in total. The van der Waals surface area contributed by atoms with Gasteiger partial charge in [0.1, 0.15) is 0 Å². The fourth-order valence-corrected chi connectivity index (χ4v) is 2.26. The molecule has 0 amide bonds. The van der Waals surface area contributed by atoms with Crippen molar-refractivity contribution in [3.05, 3.63) is 107 Å². The molecule has 2 saturated carbocycles. The molecule has 1 aromatic carbocycles. The maximum absolute atomic E-state index is 5.24. The first-order valence-electron chi connectivity index (χ1n) is 9.90. The molecule has 0 atom stereocenters. The van der Waals surface area contributed by atoms with Crippen LogP contribution in [-0.2, 0) is 38.8 Å². The largest absolute Gasteiger partial charge is 2.00 e. The van der Waals surface area contributed by atoms with E-state index in [0.717, 1.165) is 11.3 Å². The minimum Gasteiger partial charge on any atom is -0.780 e. The van der Waals surface area contributed by atoms with E-state index in [1.54, 1.807) is 6.08 Å². The van der Waals surface area contributed by atoms with Crippen LogP contribution in [0.15, 0.2) is 41.3 Å². The molecule has 0 N–H and O–H groups in total. The molecule has 3 rings (SSSR count). The summed E-state index contributed by atoms with van der Waals surface area (Å²) in [6.45, 7) is 7.49. The van der Waals surface area contributed by atoms with Crippen LogP contribution in [0.4, 0.5) is 0 Å². The normalized spacial score (nSPS) is 14.2. The molecule has 0 saturated heterocycles. The fourth-order valence-electron chi connectivity index (χ4n) is 2.10. The van der Waals surface area contributed by atoms with Crippen LogP contribution >= 0.6 is 0 Å². The SMILES string of the molecule is [CH-]=CCCCCCCCC.[CH]1[CH][CH][CH][CH]1.[CH]1[CH][CH][CH][CH]1.[S-]c1ccccc1.[Zr+2]. The number of hydrogen-bond acceptors (Lipinski definition) is 1. The zero-order valence-electron chi connectivity index (χ0n) is 17.2. The summed E-state index contributed by atoms with van der Waals surface area (Å²) in [6.07, 6.45) is 31.0. The third-order valence-electron chi connectivity index (χ3n) is 3.58. The Balaban J connectivity index is 0. The second-order valence-corrected chi connectivity index (χ2v) is 6.50. The molecule has 0 aromatic heterocycles. The van der Waals surface area contributed by atoms with Crippen molar-refractivity contribution in [1.82, 2.24) is 0 Å². The van der Waals surface area contributed by atoms with Crippen LogP contribution in [0.25, 0.3) is 0 Å². The monoisotopic (exact) mass is 468 g/mol. The quantitative estimate of drug-likeness (QED) is 0.228. The Morgan fingerprint density at radius 3 is 1.39 bits per heavy atom. The first kappa shape index (κ1) is 30.3. The van der Waals surface area contributed by atoms with E-state index in [1.165, 1.54) is 38.5 Å². The third-order valence-corrected chi connectivity index (χ3v) is 3.85. The number of allylic oxidation sites excluding steroid dienone is 1. The van der Waals surface area contributed by atoms with Gasteiger partial charge in [-0.2, -0.15) is 4.90 Å². The van der Waals surface area contributed by atoms with E-state index in [1.807, 2.05) is 94.5 Å². The predicted octanol–water partition coefficient (Wildman–Crippen LogP) is 7.36. The molecule has 0 heterocycles. The van der Waals surface area contributed by atoms with Crippen LogP contribution in [0.5, 0.6) is 0 Å². The maximum Gasteiger partial charge on any atom is 2.00 e. The van der Waals surface area contributed by atoms with Crippen LogP contribution in [0.3, 0.4) is 0 Å². The van der Waals surface area contributed by atoms with E-state index in [2.05, 4.69) is 6.92 Å². The standard InChI is InChI=1S/C10H19.C6H6S.2C5H5.Zr/c1-3-5-7-9-10-8-6-4-2;7-6-4-2-1-3-5-6;2*1-2-4-5-3-1;/h1,3H,4-10H2,2H3;1-5,7H;2*1-5H;/q-1;;;;+2/p-1. The van der Waals surface area contributed by atoms with Gasteiger partial charge in [0.25, 0.3) is 0 Å². The van der Waals surface area contributed by atoms with Crippen LogP contribution in [0.2, 0.25) is 0 Å². The van der Waals surface area contributed by atoms with E-state index in [0.29, 0.717) is 0 Å². The number of benzene rings is 1. The Morgan fingerprint density at radius 2 is 1.07 bits per heavy atom. The molecule has 28 heavy (non-hydrogen) atoms. The molecule has 2 fully saturated rings. The smallest absolute Gasteiger partial charge is 0.780 e. The zero-order chi connectivity index (χ0) is 19.8. The summed E-state index contributed by atoms with van der Waals surface area (Å²) < 4.78 is 0. The summed E-state index contributed by atoms with van der Waals surface area (Å²) in [5.41, 5.74) is 0. The average molecular weight is 470 g/mol. The molecule has 0 spiro atoms. The molecule has 2 heteroatoms. The van der Waals surface area contributed by atoms with Crippen LogP contribution in [0.1, 0.15) is 51.9 Å². The summed E-state index contributed by atoms with van der Waals surface area (Å²) in [4.78, 5) is 0.905. The Morgan fingerprint density at radius 1 is 0.679 bits per heavy atom. The van der Waals surface area contributed by atoms with Crippen molar-refractivity contribution in [3.63, 3.8) is 0 Å². The van der Waals surface area contributed by atoms with Crippen molar-refractivity contribution >= 4 is 12.6 Å². The van der Waals surface area contributed by atoms with Crippen molar-refractivity contribution in [2.75, 3.05) is 0 Å². The van der Waals surface area contributed by atoms with Gasteiger partial charge in [-0.1, -0.05) is 82.2 Å². The van der Waals surface area contributed by atoms with Gasteiger partial charge in [-0.3, -0.25) is 6.08 Å². The van der Waals surface area contributed by atoms with Crippen molar-refractivity contribution in [3.8, 4) is 0 Å². The van der Waals surface area contributed by atoms with Gasteiger partial charge in [0.05, 0.1) is 0 Å². The Hall–Kier alpha value is 0.0631. The van der Waals surface area contributed by atoms with E-state index in [4.69, 9.17) is 19.2 Å². The van der Waals surface area contributed by atoms with Crippen molar-refractivity contribution in [2.24, 2.45) is 0 Å². The second kappa shape index (κ2) is 27.1. The van der Waals surface area contributed by atoms with Gasteiger partial charge in [-0.05, 0) is 64.2 Å². The van der Waals surface area contributed by atoms with Crippen LogP contribution in [0, 0.1) is 70.8 Å². The van der Waals surface area contributed by atoms with Crippen molar-refractivity contribution in [1.29, 1.82) is 0 Å². The van der Waals surface area contributed by atoms with E-state index in [9.17, 15) is 0 Å². The van der Waals surface area contributed by atoms with Crippen molar-refractivity contribution < 1.29 is 26.2 Å². The van der Waals surface area contributed by atoms with Gasteiger partial charge < -0.3 is 19.2 Å². The molecule has 0 bridgehead atoms. The van der Waals surface area contributed by atoms with Gasteiger partial charge in [0.2, 0.25) is 0 Å². The third kappa shape index (κ3) is 26.1. The summed E-state index contributed by atoms with van der Waals surface area (Å²) in [5.74, 6) is 0. The Labute approximate surface area is 201 Å². The molecular formula is C26H34SZr. The number of rotatable bonds is 7. The summed E-state index contributed by atoms with van der Waals surface area (Å²) in [6, 6.07) is 9.62. The molecule has 2 aliphatic carbocycles. The molecule has 0 aliphatic heterocycles. The Bertz CT molecular complexity index is 357. The van der Waals surface area contributed by atoms with Gasteiger partial charge >= 0.3 is 26.2 Å². The topological polar surface area (TPSA) is 0 Å². The Kier molecular flexibility index (Phi) is 29.2. The first-order chi connectivity index (χ1) is 13.3. The molecule has 2 aliphatic rings.